The van der Waals surface area contributed by atoms with Crippen molar-refractivity contribution in [1.29, 1.82) is 0 Å². The van der Waals surface area contributed by atoms with Gasteiger partial charge in [0.1, 0.15) is 5.82 Å². The van der Waals surface area contributed by atoms with E-state index >= 15 is 0 Å². The standard InChI is InChI=1S/C24H23FN2O2S/c25-21-12-14-22(15-13-21)30(28,29)26-16-6-9-20-18-27(17-19-7-2-1-3-8-19)24-11-5-4-10-23(20)24/h1-5,7-8,10-15,18,26H,6,9,16-17H2. The first kappa shape index (κ1) is 20.3. The molecule has 0 radical (unpaired) electrons. The lowest BCUT2D eigenvalue weighted by Gasteiger charge is -2.06. The van der Waals surface area contributed by atoms with Gasteiger partial charge in [0.25, 0.3) is 0 Å². The number of hydrogen-bond acceptors (Lipinski definition) is 2. The van der Waals surface area contributed by atoms with E-state index in [4.69, 9.17) is 0 Å². The molecule has 0 unspecified atom stereocenters. The first-order valence-corrected chi connectivity index (χ1v) is 11.4. The molecule has 1 heterocycles. The van der Waals surface area contributed by atoms with Gasteiger partial charge in [0.2, 0.25) is 10.0 Å². The summed E-state index contributed by atoms with van der Waals surface area (Å²) in [6, 6.07) is 23.4. The average Bonchev–Trinajstić information content (AvgIpc) is 3.10. The number of aryl methyl sites for hydroxylation is 1. The van der Waals surface area contributed by atoms with Crippen molar-refractivity contribution in [3.63, 3.8) is 0 Å². The van der Waals surface area contributed by atoms with Crippen LogP contribution in [0.3, 0.4) is 0 Å². The molecule has 0 aliphatic carbocycles. The Hall–Kier alpha value is -2.96. The molecule has 0 saturated heterocycles. The summed E-state index contributed by atoms with van der Waals surface area (Å²) in [5.74, 6) is -0.458. The molecule has 1 aromatic heterocycles. The second-order valence-corrected chi connectivity index (χ2v) is 9.01. The van der Waals surface area contributed by atoms with Gasteiger partial charge >= 0.3 is 0 Å². The third kappa shape index (κ3) is 4.61. The fraction of sp³-hybridized carbons (Fsp3) is 0.167. The second kappa shape index (κ2) is 8.81. The molecule has 4 nitrogen and oxygen atoms in total. The van der Waals surface area contributed by atoms with Gasteiger partial charge in [-0.15, -0.1) is 0 Å². The fourth-order valence-electron chi connectivity index (χ4n) is 3.62. The van der Waals surface area contributed by atoms with Crippen molar-refractivity contribution in [1.82, 2.24) is 9.29 Å². The molecule has 0 spiro atoms. The molecule has 0 bridgehead atoms. The van der Waals surface area contributed by atoms with Crippen LogP contribution >= 0.6 is 0 Å². The van der Waals surface area contributed by atoms with Gasteiger partial charge in [-0.2, -0.15) is 0 Å². The number of sulfonamides is 1. The van der Waals surface area contributed by atoms with Gasteiger partial charge in [-0.25, -0.2) is 17.5 Å². The largest absolute Gasteiger partial charge is 0.343 e. The van der Waals surface area contributed by atoms with Crippen LogP contribution in [0.25, 0.3) is 10.9 Å². The van der Waals surface area contributed by atoms with Crippen molar-refractivity contribution in [2.45, 2.75) is 24.3 Å². The highest BCUT2D eigenvalue weighted by atomic mass is 32.2. The Kier molecular flexibility index (Phi) is 5.97. The first-order valence-electron chi connectivity index (χ1n) is 9.89. The quantitative estimate of drug-likeness (QED) is 0.417. The van der Waals surface area contributed by atoms with Crippen LogP contribution < -0.4 is 4.72 Å². The number of nitrogens with zero attached hydrogens (tertiary/aromatic N) is 1. The van der Waals surface area contributed by atoms with E-state index in [2.05, 4.69) is 39.8 Å². The van der Waals surface area contributed by atoms with Crippen LogP contribution in [-0.4, -0.2) is 19.5 Å². The number of benzene rings is 3. The predicted octanol–water partition coefficient (Wildman–Crippen LogP) is 4.74. The molecule has 0 amide bonds. The van der Waals surface area contributed by atoms with Crippen LogP contribution in [0.1, 0.15) is 17.5 Å². The van der Waals surface area contributed by atoms with Gasteiger partial charge in [0.15, 0.2) is 0 Å². The topological polar surface area (TPSA) is 51.1 Å². The number of hydrogen-bond donors (Lipinski definition) is 1. The Morgan fingerprint density at radius 1 is 0.867 bits per heavy atom. The molecule has 0 saturated carbocycles. The number of rotatable bonds is 8. The molecule has 0 aliphatic rings. The minimum Gasteiger partial charge on any atom is -0.343 e. The smallest absolute Gasteiger partial charge is 0.240 e. The molecule has 30 heavy (non-hydrogen) atoms. The predicted molar refractivity (Wildman–Crippen MR) is 117 cm³/mol. The van der Waals surface area contributed by atoms with Crippen molar-refractivity contribution >= 4 is 20.9 Å². The van der Waals surface area contributed by atoms with E-state index in [1.165, 1.54) is 34.2 Å². The zero-order valence-corrected chi connectivity index (χ0v) is 17.3. The van der Waals surface area contributed by atoms with Crippen molar-refractivity contribution in [2.75, 3.05) is 6.54 Å². The van der Waals surface area contributed by atoms with E-state index in [0.29, 0.717) is 13.0 Å². The molecule has 4 aromatic rings. The molecule has 0 fully saturated rings. The highest BCUT2D eigenvalue weighted by Crippen LogP contribution is 2.23. The third-order valence-corrected chi connectivity index (χ3v) is 6.58. The van der Waals surface area contributed by atoms with Gasteiger partial charge < -0.3 is 4.57 Å². The Morgan fingerprint density at radius 2 is 1.57 bits per heavy atom. The number of fused-ring (bicyclic) bond motifs is 1. The summed E-state index contributed by atoms with van der Waals surface area (Å²) in [4.78, 5) is 0.0726. The Labute approximate surface area is 176 Å². The summed E-state index contributed by atoms with van der Waals surface area (Å²) >= 11 is 0. The lowest BCUT2D eigenvalue weighted by atomic mass is 10.1. The average molecular weight is 423 g/mol. The molecular formula is C24H23FN2O2S. The van der Waals surface area contributed by atoms with Crippen molar-refractivity contribution in [3.8, 4) is 0 Å². The van der Waals surface area contributed by atoms with Crippen LogP contribution in [-0.2, 0) is 23.0 Å². The summed E-state index contributed by atoms with van der Waals surface area (Å²) in [7, 11) is -3.63. The first-order chi connectivity index (χ1) is 14.5. The maximum absolute atomic E-state index is 13.0. The van der Waals surface area contributed by atoms with Gasteiger partial charge in [0.05, 0.1) is 4.90 Å². The molecule has 0 atom stereocenters. The minimum atomic E-state index is -3.63. The minimum absolute atomic E-state index is 0.0726. The lowest BCUT2D eigenvalue weighted by Crippen LogP contribution is -2.25. The maximum Gasteiger partial charge on any atom is 0.240 e. The summed E-state index contributed by atoms with van der Waals surface area (Å²) < 4.78 is 42.5. The zero-order chi connectivity index (χ0) is 21.0. The van der Waals surface area contributed by atoms with Crippen LogP contribution in [0.5, 0.6) is 0 Å². The Morgan fingerprint density at radius 3 is 2.33 bits per heavy atom. The van der Waals surface area contributed by atoms with E-state index in [-0.39, 0.29) is 4.90 Å². The summed E-state index contributed by atoms with van der Waals surface area (Å²) in [5, 5.41) is 1.19. The van der Waals surface area contributed by atoms with E-state index in [0.717, 1.165) is 25.1 Å². The van der Waals surface area contributed by atoms with Crippen LogP contribution in [0, 0.1) is 5.82 Å². The van der Waals surface area contributed by atoms with Gasteiger partial charge in [-0.1, -0.05) is 48.5 Å². The molecule has 0 aliphatic heterocycles. The summed E-state index contributed by atoms with van der Waals surface area (Å²) in [6.07, 6.45) is 3.58. The maximum atomic E-state index is 13.0. The SMILES string of the molecule is O=S(=O)(NCCCc1cn(Cc2ccccc2)c2ccccc12)c1ccc(F)cc1. The molecule has 6 heteroatoms. The van der Waals surface area contributed by atoms with Crippen LogP contribution in [0.2, 0.25) is 0 Å². The summed E-state index contributed by atoms with van der Waals surface area (Å²) in [5.41, 5.74) is 3.60. The second-order valence-electron chi connectivity index (χ2n) is 7.24. The molecule has 4 rings (SSSR count). The van der Waals surface area contributed by atoms with E-state index in [1.807, 2.05) is 30.3 Å². The van der Waals surface area contributed by atoms with E-state index < -0.39 is 15.8 Å². The molecular weight excluding hydrogens is 399 g/mol. The molecule has 3 aromatic carbocycles. The third-order valence-electron chi connectivity index (χ3n) is 5.11. The number of nitrogens with one attached hydrogen (secondary N) is 1. The number of aromatic nitrogens is 1. The van der Waals surface area contributed by atoms with Crippen molar-refractivity contribution in [3.05, 3.63) is 102 Å². The van der Waals surface area contributed by atoms with Crippen molar-refractivity contribution < 1.29 is 12.8 Å². The number of para-hydroxylation sites is 1. The zero-order valence-electron chi connectivity index (χ0n) is 16.5. The fourth-order valence-corrected chi connectivity index (χ4v) is 4.69. The highest BCUT2D eigenvalue weighted by Gasteiger charge is 2.14. The lowest BCUT2D eigenvalue weighted by molar-refractivity contribution is 0.578. The van der Waals surface area contributed by atoms with Gasteiger partial charge in [-0.05, 0) is 54.3 Å². The normalized spacial score (nSPS) is 11.8. The van der Waals surface area contributed by atoms with Gasteiger partial charge in [-0.3, -0.25) is 0 Å². The molecule has 154 valence electrons. The molecule has 1 N–H and O–H groups in total. The van der Waals surface area contributed by atoms with E-state index in [1.54, 1.807) is 0 Å². The van der Waals surface area contributed by atoms with Crippen LogP contribution in [0.15, 0.2) is 90.0 Å². The van der Waals surface area contributed by atoms with Crippen molar-refractivity contribution in [2.24, 2.45) is 0 Å². The Balaban J connectivity index is 1.43. The van der Waals surface area contributed by atoms with E-state index in [9.17, 15) is 12.8 Å². The monoisotopic (exact) mass is 422 g/mol. The number of halogens is 1. The Bertz CT molecular complexity index is 1230. The highest BCUT2D eigenvalue weighted by molar-refractivity contribution is 7.89. The van der Waals surface area contributed by atoms with Crippen LogP contribution in [0.4, 0.5) is 4.39 Å². The summed E-state index contributed by atoms with van der Waals surface area (Å²) in [6.45, 7) is 1.11. The van der Waals surface area contributed by atoms with Gasteiger partial charge in [0, 0.05) is 30.2 Å².